The summed E-state index contributed by atoms with van der Waals surface area (Å²) in [5.41, 5.74) is 0.560. The number of hydrogen-bond donors (Lipinski definition) is 1. The maximum Gasteiger partial charge on any atom is 0.258 e. The smallest absolute Gasteiger partial charge is 0.258 e. The van der Waals surface area contributed by atoms with Crippen LogP contribution >= 0.6 is 23.2 Å². The fourth-order valence-corrected chi connectivity index (χ4v) is 3.19. The van der Waals surface area contributed by atoms with E-state index >= 15 is 0 Å². The first kappa shape index (κ1) is 26.2. The Bertz CT molecular complexity index is 1020. The van der Waals surface area contributed by atoms with Crippen LogP contribution in [0.5, 0.6) is 23.0 Å². The van der Waals surface area contributed by atoms with Crippen molar-refractivity contribution in [3.63, 3.8) is 0 Å². The van der Waals surface area contributed by atoms with E-state index in [9.17, 15) is 9.59 Å². The molecular formula is C22H25Cl2N3O6. The SMILES string of the molecule is CCOc1cc(NC(=O)C(N=Nc2cc(OC)c(Cl)cc2OC)C(C)=O)cc(OCC)c1Cl. The summed E-state index contributed by atoms with van der Waals surface area (Å²) in [6, 6.07) is 4.64. The highest BCUT2D eigenvalue weighted by atomic mass is 35.5. The number of azo groups is 1. The van der Waals surface area contributed by atoms with Crippen LogP contribution in [-0.4, -0.2) is 45.2 Å². The summed E-state index contributed by atoms with van der Waals surface area (Å²) in [5.74, 6) is 0.0911. The molecule has 0 saturated carbocycles. The van der Waals surface area contributed by atoms with Gasteiger partial charge in [0.25, 0.3) is 5.91 Å². The van der Waals surface area contributed by atoms with Crippen molar-refractivity contribution in [2.45, 2.75) is 26.8 Å². The molecule has 0 aliphatic carbocycles. The van der Waals surface area contributed by atoms with Crippen molar-refractivity contribution in [2.75, 3.05) is 32.8 Å². The van der Waals surface area contributed by atoms with Gasteiger partial charge in [-0.2, -0.15) is 10.2 Å². The Morgan fingerprint density at radius 3 is 2.00 bits per heavy atom. The molecule has 1 unspecified atom stereocenters. The van der Waals surface area contributed by atoms with Crippen LogP contribution in [0, 0.1) is 0 Å². The summed E-state index contributed by atoms with van der Waals surface area (Å²) < 4.78 is 21.4. The molecular weight excluding hydrogens is 473 g/mol. The van der Waals surface area contributed by atoms with Crippen molar-refractivity contribution in [2.24, 2.45) is 10.2 Å². The second-order valence-corrected chi connectivity index (χ2v) is 7.31. The lowest BCUT2D eigenvalue weighted by Gasteiger charge is -2.15. The van der Waals surface area contributed by atoms with Crippen LogP contribution < -0.4 is 24.3 Å². The number of carbonyl (C=O) groups is 2. The van der Waals surface area contributed by atoms with Crippen LogP contribution in [0.4, 0.5) is 11.4 Å². The molecule has 2 rings (SSSR count). The number of ketones is 1. The fraction of sp³-hybridized carbons (Fsp3) is 0.364. The first-order valence-electron chi connectivity index (χ1n) is 9.98. The molecule has 0 aliphatic rings. The Morgan fingerprint density at radius 2 is 1.52 bits per heavy atom. The van der Waals surface area contributed by atoms with Crippen molar-refractivity contribution in [3.8, 4) is 23.0 Å². The zero-order chi connectivity index (χ0) is 24.5. The quantitative estimate of drug-likeness (QED) is 0.324. The van der Waals surface area contributed by atoms with Crippen molar-refractivity contribution < 1.29 is 28.5 Å². The van der Waals surface area contributed by atoms with Crippen LogP contribution in [0.15, 0.2) is 34.5 Å². The van der Waals surface area contributed by atoms with Gasteiger partial charge in [-0.15, -0.1) is 0 Å². The largest absolute Gasteiger partial charge is 0.495 e. The number of hydrogen-bond acceptors (Lipinski definition) is 8. The summed E-state index contributed by atoms with van der Waals surface area (Å²) in [4.78, 5) is 25.0. The molecule has 0 radical (unpaired) electrons. The van der Waals surface area contributed by atoms with E-state index in [2.05, 4.69) is 15.5 Å². The maximum absolute atomic E-state index is 12.9. The molecule has 1 atom stereocenters. The van der Waals surface area contributed by atoms with Gasteiger partial charge in [0.15, 0.2) is 5.78 Å². The minimum atomic E-state index is -1.42. The average Bonchev–Trinajstić information content (AvgIpc) is 2.77. The first-order chi connectivity index (χ1) is 15.7. The lowest BCUT2D eigenvalue weighted by molar-refractivity contribution is -0.126. The van der Waals surface area contributed by atoms with E-state index in [1.54, 1.807) is 13.8 Å². The van der Waals surface area contributed by atoms with E-state index in [1.165, 1.54) is 45.4 Å². The fourth-order valence-electron chi connectivity index (χ4n) is 2.74. The number of Topliss-reactive ketones (excluding diaryl/α,β-unsaturated/α-hetero) is 1. The highest BCUT2D eigenvalue weighted by Crippen LogP contribution is 2.39. The van der Waals surface area contributed by atoms with Gasteiger partial charge in [-0.05, 0) is 20.8 Å². The molecule has 1 amide bonds. The Balaban J connectivity index is 2.34. The number of anilines is 1. The van der Waals surface area contributed by atoms with Crippen molar-refractivity contribution in [1.82, 2.24) is 0 Å². The van der Waals surface area contributed by atoms with Gasteiger partial charge in [0.2, 0.25) is 6.04 Å². The third-order valence-corrected chi connectivity index (χ3v) is 4.91. The van der Waals surface area contributed by atoms with Gasteiger partial charge in [0, 0.05) is 30.0 Å². The summed E-state index contributed by atoms with van der Waals surface area (Å²) in [5, 5.41) is 11.2. The van der Waals surface area contributed by atoms with E-state index in [0.717, 1.165) is 0 Å². The Kier molecular flexibility index (Phi) is 9.74. The number of carbonyl (C=O) groups excluding carboxylic acids is 2. The normalized spacial score (nSPS) is 11.7. The number of nitrogens with one attached hydrogen (secondary N) is 1. The van der Waals surface area contributed by atoms with Gasteiger partial charge in [-0.25, -0.2) is 0 Å². The second kappa shape index (κ2) is 12.3. The first-order valence-corrected chi connectivity index (χ1v) is 10.7. The van der Waals surface area contributed by atoms with Gasteiger partial charge < -0.3 is 24.3 Å². The number of ether oxygens (including phenoxy) is 4. The summed E-state index contributed by atoms with van der Waals surface area (Å²) in [7, 11) is 2.87. The standard InChI is InChI=1S/C22H25Cl2N3O6/c1-6-32-18-8-13(9-19(20(18)24)33-7-2)25-22(29)21(12(3)28)27-26-15-11-16(30-4)14(23)10-17(15)31-5/h8-11,21H,6-7H2,1-5H3,(H,25,29). The Morgan fingerprint density at radius 1 is 0.939 bits per heavy atom. The molecule has 178 valence electrons. The minimum Gasteiger partial charge on any atom is -0.495 e. The number of nitrogens with zero attached hydrogens (tertiary/aromatic N) is 2. The summed E-state index contributed by atoms with van der Waals surface area (Å²) in [6.07, 6.45) is 0. The number of amides is 1. The zero-order valence-electron chi connectivity index (χ0n) is 18.9. The topological polar surface area (TPSA) is 108 Å². The van der Waals surface area contributed by atoms with Crippen LogP contribution in [-0.2, 0) is 9.59 Å². The molecule has 9 nitrogen and oxygen atoms in total. The van der Waals surface area contributed by atoms with E-state index in [-0.39, 0.29) is 10.7 Å². The van der Waals surface area contributed by atoms with Gasteiger partial charge in [0.1, 0.15) is 33.7 Å². The molecule has 0 aromatic heterocycles. The molecule has 11 heteroatoms. The summed E-state index contributed by atoms with van der Waals surface area (Å²) in [6.45, 7) is 5.56. The van der Waals surface area contributed by atoms with Gasteiger partial charge in [-0.1, -0.05) is 23.2 Å². The van der Waals surface area contributed by atoms with Crippen LogP contribution in [0.25, 0.3) is 0 Å². The van der Waals surface area contributed by atoms with Crippen LogP contribution in [0.1, 0.15) is 20.8 Å². The molecule has 2 aromatic carbocycles. The van der Waals surface area contributed by atoms with Gasteiger partial charge in [0.05, 0.1) is 32.5 Å². The molecule has 0 aliphatic heterocycles. The molecule has 0 fully saturated rings. The lowest BCUT2D eigenvalue weighted by Crippen LogP contribution is -2.31. The molecule has 0 saturated heterocycles. The van der Waals surface area contributed by atoms with E-state index in [4.69, 9.17) is 42.1 Å². The molecule has 33 heavy (non-hydrogen) atoms. The highest BCUT2D eigenvalue weighted by molar-refractivity contribution is 6.33. The molecule has 1 N–H and O–H groups in total. The number of rotatable bonds is 11. The molecule has 2 aromatic rings. The predicted octanol–water partition coefficient (Wildman–Crippen LogP) is 5.49. The average molecular weight is 498 g/mol. The van der Waals surface area contributed by atoms with E-state index in [0.29, 0.717) is 46.9 Å². The predicted molar refractivity (Wildman–Crippen MR) is 126 cm³/mol. The van der Waals surface area contributed by atoms with Crippen molar-refractivity contribution >= 4 is 46.3 Å². The molecule has 0 spiro atoms. The van der Waals surface area contributed by atoms with Crippen molar-refractivity contribution in [1.29, 1.82) is 0 Å². The van der Waals surface area contributed by atoms with Crippen molar-refractivity contribution in [3.05, 3.63) is 34.3 Å². The van der Waals surface area contributed by atoms with E-state index < -0.39 is 17.7 Å². The summed E-state index contributed by atoms with van der Waals surface area (Å²) >= 11 is 12.4. The minimum absolute atomic E-state index is 0.238. The highest BCUT2D eigenvalue weighted by Gasteiger charge is 2.24. The van der Waals surface area contributed by atoms with Crippen LogP contribution in [0.3, 0.4) is 0 Å². The molecule has 0 heterocycles. The number of methoxy groups -OCH3 is 2. The number of benzene rings is 2. The Hall–Kier alpha value is -3.04. The zero-order valence-corrected chi connectivity index (χ0v) is 20.4. The monoisotopic (exact) mass is 497 g/mol. The maximum atomic E-state index is 12.9. The number of halogens is 2. The van der Waals surface area contributed by atoms with E-state index in [1.807, 2.05) is 0 Å². The third-order valence-electron chi connectivity index (χ3n) is 4.24. The molecule has 0 bridgehead atoms. The van der Waals surface area contributed by atoms with Crippen LogP contribution in [0.2, 0.25) is 10.0 Å². The lowest BCUT2D eigenvalue weighted by atomic mass is 10.2. The third kappa shape index (κ3) is 6.72. The van der Waals surface area contributed by atoms with Gasteiger partial charge in [-0.3, -0.25) is 9.59 Å². The Labute approximate surface area is 202 Å². The van der Waals surface area contributed by atoms with Gasteiger partial charge >= 0.3 is 0 Å². The second-order valence-electron chi connectivity index (χ2n) is 6.53.